The Morgan fingerprint density at radius 1 is 1.43 bits per heavy atom. The second kappa shape index (κ2) is 6.91. The van der Waals surface area contributed by atoms with Gasteiger partial charge in [0.1, 0.15) is 0 Å². The van der Waals surface area contributed by atoms with Crippen molar-refractivity contribution in [1.29, 1.82) is 0 Å². The molecule has 1 aromatic carbocycles. The third-order valence-corrected chi connectivity index (χ3v) is 4.60. The lowest BCUT2D eigenvalue weighted by Gasteiger charge is -2.27. The van der Waals surface area contributed by atoms with E-state index in [0.717, 1.165) is 18.6 Å². The quantitative estimate of drug-likeness (QED) is 0.921. The van der Waals surface area contributed by atoms with E-state index in [1.165, 1.54) is 6.07 Å². The van der Waals surface area contributed by atoms with Crippen LogP contribution in [0.1, 0.15) is 43.7 Å². The molecule has 23 heavy (non-hydrogen) atoms. The third-order valence-electron chi connectivity index (χ3n) is 4.60. The van der Waals surface area contributed by atoms with Crippen LogP contribution in [0.2, 0.25) is 0 Å². The first-order valence-electron chi connectivity index (χ1n) is 7.95. The van der Waals surface area contributed by atoms with Gasteiger partial charge in [-0.05, 0) is 43.9 Å². The Morgan fingerprint density at radius 3 is 2.65 bits per heavy atom. The van der Waals surface area contributed by atoms with E-state index in [9.17, 15) is 18.0 Å². The van der Waals surface area contributed by atoms with Gasteiger partial charge in [-0.25, -0.2) is 0 Å². The Hall–Kier alpha value is -1.56. The van der Waals surface area contributed by atoms with Crippen LogP contribution in [-0.4, -0.2) is 29.9 Å². The minimum Gasteiger partial charge on any atom is -0.339 e. The van der Waals surface area contributed by atoms with E-state index in [1.807, 2.05) is 13.8 Å². The predicted molar refractivity (Wildman–Crippen MR) is 82.8 cm³/mol. The second-order valence-corrected chi connectivity index (χ2v) is 6.26. The van der Waals surface area contributed by atoms with Gasteiger partial charge in [0, 0.05) is 12.6 Å². The van der Waals surface area contributed by atoms with Crippen molar-refractivity contribution < 1.29 is 18.0 Å². The maximum atomic E-state index is 12.9. The molecular formula is C17H23F3N2O. The van der Waals surface area contributed by atoms with E-state index in [0.29, 0.717) is 25.1 Å². The number of carbonyl (C=O) groups is 1. The van der Waals surface area contributed by atoms with Crippen LogP contribution in [0.4, 0.5) is 13.2 Å². The molecule has 1 amide bonds. The van der Waals surface area contributed by atoms with Crippen molar-refractivity contribution in [3.63, 3.8) is 0 Å². The Morgan fingerprint density at radius 2 is 2.13 bits per heavy atom. The lowest BCUT2D eigenvalue weighted by molar-refractivity contribution is -0.138. The predicted octanol–water partition coefficient (Wildman–Crippen LogP) is 3.39. The summed E-state index contributed by atoms with van der Waals surface area (Å²) in [6.45, 7) is 4.90. The van der Waals surface area contributed by atoms with Crippen LogP contribution in [0.3, 0.4) is 0 Å². The van der Waals surface area contributed by atoms with Crippen LogP contribution >= 0.6 is 0 Å². The fourth-order valence-electron chi connectivity index (χ4n) is 3.31. The standard InChI is InChI=1S/C17H23F3N2O/c1-3-15(13-5-4-6-14(8-13)17(18,19)20)16(23)22-10-12(9-21)7-11(22)2/h4-6,8,11-12,15H,3,7,9-10,21H2,1-2H3. The van der Waals surface area contributed by atoms with Crippen LogP contribution in [0.5, 0.6) is 0 Å². The normalized spacial score (nSPS) is 23.1. The number of likely N-dealkylation sites (tertiary alicyclic amines) is 1. The zero-order valence-electron chi connectivity index (χ0n) is 13.4. The number of rotatable bonds is 4. The second-order valence-electron chi connectivity index (χ2n) is 6.26. The molecule has 0 saturated carbocycles. The Kier molecular flexibility index (Phi) is 5.34. The molecule has 6 heteroatoms. The van der Waals surface area contributed by atoms with Gasteiger partial charge in [0.25, 0.3) is 0 Å². The summed E-state index contributed by atoms with van der Waals surface area (Å²) in [6, 6.07) is 5.17. The van der Waals surface area contributed by atoms with Gasteiger partial charge in [-0.1, -0.05) is 25.1 Å². The Bertz CT molecular complexity index is 559. The van der Waals surface area contributed by atoms with Gasteiger partial charge < -0.3 is 10.6 Å². The van der Waals surface area contributed by atoms with Gasteiger partial charge in [-0.3, -0.25) is 4.79 Å². The van der Waals surface area contributed by atoms with Crippen molar-refractivity contribution in [2.75, 3.05) is 13.1 Å². The minimum absolute atomic E-state index is 0.0795. The van der Waals surface area contributed by atoms with Crippen molar-refractivity contribution in [3.8, 4) is 0 Å². The maximum absolute atomic E-state index is 12.9. The summed E-state index contributed by atoms with van der Waals surface area (Å²) in [5.74, 6) is -0.375. The number of nitrogens with two attached hydrogens (primary N) is 1. The van der Waals surface area contributed by atoms with E-state index < -0.39 is 17.7 Å². The summed E-state index contributed by atoms with van der Waals surface area (Å²) in [5, 5.41) is 0. The molecule has 1 fully saturated rings. The number of amides is 1. The first-order valence-corrected chi connectivity index (χ1v) is 7.95. The summed E-state index contributed by atoms with van der Waals surface area (Å²) >= 11 is 0. The van der Waals surface area contributed by atoms with Gasteiger partial charge in [-0.2, -0.15) is 13.2 Å². The van der Waals surface area contributed by atoms with E-state index in [1.54, 1.807) is 11.0 Å². The first kappa shape index (κ1) is 17.8. The first-order chi connectivity index (χ1) is 10.8. The topological polar surface area (TPSA) is 46.3 Å². The molecule has 1 aromatic rings. The molecule has 3 unspecified atom stereocenters. The SMILES string of the molecule is CCC(C(=O)N1CC(CN)CC1C)c1cccc(C(F)(F)F)c1. The molecular weight excluding hydrogens is 305 g/mol. The summed E-state index contributed by atoms with van der Waals surface area (Å²) in [5.41, 5.74) is 5.40. The van der Waals surface area contributed by atoms with E-state index >= 15 is 0 Å². The zero-order valence-corrected chi connectivity index (χ0v) is 13.4. The zero-order chi connectivity index (χ0) is 17.2. The molecule has 1 heterocycles. The molecule has 0 aliphatic carbocycles. The molecule has 1 aliphatic rings. The smallest absolute Gasteiger partial charge is 0.339 e. The van der Waals surface area contributed by atoms with Crippen molar-refractivity contribution in [2.24, 2.45) is 11.7 Å². The van der Waals surface area contributed by atoms with Crippen molar-refractivity contribution in [2.45, 2.75) is 44.8 Å². The molecule has 0 aromatic heterocycles. The maximum Gasteiger partial charge on any atom is 0.416 e. The van der Waals surface area contributed by atoms with E-state index in [4.69, 9.17) is 5.73 Å². The van der Waals surface area contributed by atoms with Crippen LogP contribution in [-0.2, 0) is 11.0 Å². The average molecular weight is 328 g/mol. The molecule has 1 saturated heterocycles. The molecule has 1 aliphatic heterocycles. The number of hydrogen-bond acceptors (Lipinski definition) is 2. The molecule has 3 atom stereocenters. The molecule has 128 valence electrons. The number of halogens is 3. The lowest BCUT2D eigenvalue weighted by Crippen LogP contribution is -2.38. The highest BCUT2D eigenvalue weighted by Gasteiger charge is 2.36. The summed E-state index contributed by atoms with van der Waals surface area (Å²) in [7, 11) is 0. The summed E-state index contributed by atoms with van der Waals surface area (Å²) in [6.07, 6.45) is -3.08. The van der Waals surface area contributed by atoms with Gasteiger partial charge in [0.2, 0.25) is 5.91 Å². The largest absolute Gasteiger partial charge is 0.416 e. The minimum atomic E-state index is -4.40. The van der Waals surface area contributed by atoms with Crippen LogP contribution in [0.25, 0.3) is 0 Å². The van der Waals surface area contributed by atoms with Gasteiger partial charge in [0.15, 0.2) is 0 Å². The van der Waals surface area contributed by atoms with Gasteiger partial charge in [-0.15, -0.1) is 0 Å². The Balaban J connectivity index is 2.24. The van der Waals surface area contributed by atoms with Crippen molar-refractivity contribution in [3.05, 3.63) is 35.4 Å². The highest BCUT2D eigenvalue weighted by atomic mass is 19.4. The fourth-order valence-corrected chi connectivity index (χ4v) is 3.31. The molecule has 3 nitrogen and oxygen atoms in total. The number of carbonyl (C=O) groups excluding carboxylic acids is 1. The molecule has 2 rings (SSSR count). The van der Waals surface area contributed by atoms with Gasteiger partial charge >= 0.3 is 6.18 Å². The van der Waals surface area contributed by atoms with Crippen LogP contribution in [0.15, 0.2) is 24.3 Å². The number of nitrogens with zero attached hydrogens (tertiary/aromatic N) is 1. The highest BCUT2D eigenvalue weighted by Crippen LogP contribution is 2.33. The number of alkyl halides is 3. The monoisotopic (exact) mass is 328 g/mol. The average Bonchev–Trinajstić information content (AvgIpc) is 2.88. The molecule has 0 radical (unpaired) electrons. The third kappa shape index (κ3) is 3.86. The lowest BCUT2D eigenvalue weighted by atomic mass is 9.93. The fraction of sp³-hybridized carbons (Fsp3) is 0.588. The Labute approximate surface area is 134 Å². The number of hydrogen-bond donors (Lipinski definition) is 1. The van der Waals surface area contributed by atoms with Crippen LogP contribution in [0, 0.1) is 5.92 Å². The van der Waals surface area contributed by atoms with Crippen molar-refractivity contribution in [1.82, 2.24) is 4.90 Å². The molecule has 0 bridgehead atoms. The number of benzene rings is 1. The van der Waals surface area contributed by atoms with E-state index in [-0.39, 0.29) is 17.9 Å². The highest BCUT2D eigenvalue weighted by molar-refractivity contribution is 5.84. The van der Waals surface area contributed by atoms with E-state index in [2.05, 4.69) is 0 Å². The van der Waals surface area contributed by atoms with Crippen molar-refractivity contribution >= 4 is 5.91 Å². The van der Waals surface area contributed by atoms with Gasteiger partial charge in [0.05, 0.1) is 11.5 Å². The molecule has 0 spiro atoms. The summed E-state index contributed by atoms with van der Waals surface area (Å²) in [4.78, 5) is 14.6. The van der Waals surface area contributed by atoms with Crippen LogP contribution < -0.4 is 5.73 Å². The molecule has 2 N–H and O–H groups in total. The summed E-state index contributed by atoms with van der Waals surface area (Å²) < 4.78 is 38.7.